The molecule has 0 saturated heterocycles. The first kappa shape index (κ1) is 23.9. The van der Waals surface area contributed by atoms with E-state index in [4.69, 9.17) is 9.47 Å². The summed E-state index contributed by atoms with van der Waals surface area (Å²) in [5.41, 5.74) is 7.63. The van der Waals surface area contributed by atoms with E-state index in [1.807, 2.05) is 6.92 Å². The highest BCUT2D eigenvalue weighted by atomic mass is 16.5. The minimum absolute atomic E-state index is 0.158. The van der Waals surface area contributed by atoms with Crippen molar-refractivity contribution in [1.82, 2.24) is 0 Å². The van der Waals surface area contributed by atoms with E-state index in [0.29, 0.717) is 17.5 Å². The number of hydrogen-bond donors (Lipinski definition) is 2. The summed E-state index contributed by atoms with van der Waals surface area (Å²) in [6, 6.07) is 12.6. The molecule has 0 fully saturated rings. The Morgan fingerprint density at radius 2 is 1.11 bits per heavy atom. The summed E-state index contributed by atoms with van der Waals surface area (Å²) in [7, 11) is 3.04. The van der Waals surface area contributed by atoms with Gasteiger partial charge in [-0.2, -0.15) is 0 Å². The maximum absolute atomic E-state index is 10.2. The molecular weight excluding hydrogens is 352 g/mol. The third-order valence-electron chi connectivity index (χ3n) is 3.14. The lowest BCUT2D eigenvalue weighted by atomic mass is 10.2. The van der Waals surface area contributed by atoms with Gasteiger partial charge in [-0.3, -0.25) is 0 Å². The van der Waals surface area contributed by atoms with E-state index in [9.17, 15) is 19.8 Å². The first-order valence-electron chi connectivity index (χ1n) is 8.08. The van der Waals surface area contributed by atoms with Crippen molar-refractivity contribution < 1.29 is 40.7 Å². The van der Waals surface area contributed by atoms with Gasteiger partial charge in [0.05, 0.1) is 26.2 Å². The molecule has 0 bridgehead atoms. The number of rotatable bonds is 5. The van der Waals surface area contributed by atoms with Crippen LogP contribution in [-0.4, -0.2) is 38.7 Å². The third-order valence-corrected chi connectivity index (χ3v) is 3.14. The number of carbonyl (C=O) groups is 2. The first-order valence-corrected chi connectivity index (χ1v) is 8.08. The summed E-state index contributed by atoms with van der Waals surface area (Å²) in [5.74, 6) is -1.08. The predicted octanol–water partition coefficient (Wildman–Crippen LogP) is -2.02. The number of carboxylic acid groups (broad SMARTS) is 2. The summed E-state index contributed by atoms with van der Waals surface area (Å²) in [4.78, 5) is 20.5. The fourth-order valence-electron chi connectivity index (χ4n) is 1.45. The van der Waals surface area contributed by atoms with Crippen molar-refractivity contribution in [3.8, 4) is 11.5 Å². The second kappa shape index (κ2) is 13.2. The molecule has 0 aliphatic rings. The maximum atomic E-state index is 10.2. The van der Waals surface area contributed by atoms with Crippen molar-refractivity contribution >= 4 is 11.9 Å². The smallest absolute Gasteiger partial charge is 0.131 e. The lowest BCUT2D eigenvalue weighted by molar-refractivity contribution is -0.488. The topological polar surface area (TPSA) is 154 Å². The molecule has 2 rings (SSSR count). The van der Waals surface area contributed by atoms with E-state index in [1.54, 1.807) is 24.3 Å². The number of carbonyl (C=O) groups excluding carboxylic acids is 2. The maximum Gasteiger partial charge on any atom is 0.131 e. The summed E-state index contributed by atoms with van der Waals surface area (Å²) >= 11 is 0. The average molecular weight is 378 g/mol. The number of hydrogen-bond acceptors (Lipinski definition) is 6. The first-order chi connectivity index (χ1) is 12.7. The van der Waals surface area contributed by atoms with Crippen molar-refractivity contribution in [3.63, 3.8) is 0 Å². The van der Waals surface area contributed by atoms with Crippen LogP contribution >= 0.6 is 0 Å². The molecular formula is C19H26N2O6. The van der Waals surface area contributed by atoms with Crippen LogP contribution in [0.3, 0.4) is 0 Å². The molecule has 27 heavy (non-hydrogen) atoms. The zero-order valence-corrected chi connectivity index (χ0v) is 15.8. The Bertz CT molecular complexity index is 627. The SMILES string of the molecule is COc1ccc(C(=O)[O-])cc1.COc1ccc(C(=O)[O-])cc1.C[C@@H]([NH3+])C[NH3+]. The molecule has 1 atom stereocenters. The summed E-state index contributed by atoms with van der Waals surface area (Å²) in [5, 5.41) is 20.5. The van der Waals surface area contributed by atoms with Gasteiger partial charge in [0.2, 0.25) is 0 Å². The summed E-state index contributed by atoms with van der Waals surface area (Å²) < 4.78 is 9.67. The molecule has 2 aromatic carbocycles. The second-order valence-electron chi connectivity index (χ2n) is 5.43. The van der Waals surface area contributed by atoms with Crippen LogP contribution in [0, 0.1) is 0 Å². The fraction of sp³-hybridized carbons (Fsp3) is 0.263. The van der Waals surface area contributed by atoms with E-state index in [1.165, 1.54) is 38.5 Å². The van der Waals surface area contributed by atoms with Crippen LogP contribution < -0.4 is 31.2 Å². The highest BCUT2D eigenvalue weighted by Crippen LogP contribution is 2.10. The number of aromatic carboxylic acids is 2. The zero-order chi connectivity index (χ0) is 20.8. The van der Waals surface area contributed by atoms with E-state index in [2.05, 4.69) is 11.5 Å². The molecule has 6 N–H and O–H groups in total. The van der Waals surface area contributed by atoms with Crippen LogP contribution in [-0.2, 0) is 0 Å². The van der Waals surface area contributed by atoms with Crippen molar-refractivity contribution in [1.29, 1.82) is 0 Å². The van der Waals surface area contributed by atoms with Crippen LogP contribution in [0.1, 0.15) is 27.6 Å². The van der Waals surface area contributed by atoms with Crippen LogP contribution in [0.5, 0.6) is 11.5 Å². The lowest BCUT2D eigenvalue weighted by Gasteiger charge is -2.02. The molecule has 0 aliphatic heterocycles. The molecule has 0 heterocycles. The molecule has 2 aromatic rings. The van der Waals surface area contributed by atoms with E-state index < -0.39 is 11.9 Å². The van der Waals surface area contributed by atoms with Crippen molar-refractivity contribution in [2.45, 2.75) is 13.0 Å². The van der Waals surface area contributed by atoms with Gasteiger partial charge in [0.1, 0.15) is 24.1 Å². The van der Waals surface area contributed by atoms with Gasteiger partial charge in [-0.05, 0) is 66.6 Å². The molecule has 8 heteroatoms. The quantitative estimate of drug-likeness (QED) is 0.612. The Balaban J connectivity index is 0.000000405. The molecule has 0 aromatic heterocycles. The molecule has 0 unspecified atom stereocenters. The Morgan fingerprint density at radius 3 is 1.26 bits per heavy atom. The minimum atomic E-state index is -1.17. The highest BCUT2D eigenvalue weighted by molar-refractivity contribution is 5.86. The van der Waals surface area contributed by atoms with Crippen molar-refractivity contribution in [3.05, 3.63) is 59.7 Å². The Kier molecular flexibility index (Phi) is 11.6. The highest BCUT2D eigenvalue weighted by Gasteiger charge is 1.93. The van der Waals surface area contributed by atoms with E-state index >= 15 is 0 Å². The Hall–Kier alpha value is -3.10. The molecule has 148 valence electrons. The molecule has 8 nitrogen and oxygen atoms in total. The Morgan fingerprint density at radius 1 is 0.852 bits per heavy atom. The molecule has 0 radical (unpaired) electrons. The number of quaternary nitrogens is 2. The average Bonchev–Trinajstić information content (AvgIpc) is 2.68. The minimum Gasteiger partial charge on any atom is -0.545 e. The van der Waals surface area contributed by atoms with Crippen LogP contribution in [0.4, 0.5) is 0 Å². The van der Waals surface area contributed by atoms with E-state index in [-0.39, 0.29) is 11.1 Å². The molecule has 0 spiro atoms. The fourth-order valence-corrected chi connectivity index (χ4v) is 1.45. The van der Waals surface area contributed by atoms with Gasteiger partial charge in [-0.25, -0.2) is 0 Å². The van der Waals surface area contributed by atoms with E-state index in [0.717, 1.165) is 6.54 Å². The van der Waals surface area contributed by atoms with Gasteiger partial charge in [0, 0.05) is 0 Å². The number of carboxylic acids is 2. The number of ether oxygens (including phenoxy) is 2. The van der Waals surface area contributed by atoms with Crippen molar-refractivity contribution in [2.24, 2.45) is 0 Å². The van der Waals surface area contributed by atoms with Gasteiger partial charge in [0.15, 0.2) is 0 Å². The molecule has 0 aliphatic carbocycles. The summed E-state index contributed by atoms with van der Waals surface area (Å²) in [6.07, 6.45) is 0. The molecule has 0 amide bonds. The normalized spacial score (nSPS) is 10.3. The predicted molar refractivity (Wildman–Crippen MR) is 94.8 cm³/mol. The monoisotopic (exact) mass is 378 g/mol. The van der Waals surface area contributed by atoms with Gasteiger partial charge in [0.25, 0.3) is 0 Å². The number of benzene rings is 2. The van der Waals surface area contributed by atoms with Gasteiger partial charge in [-0.15, -0.1) is 0 Å². The van der Waals surface area contributed by atoms with Gasteiger partial charge < -0.3 is 40.7 Å². The largest absolute Gasteiger partial charge is 0.545 e. The zero-order valence-electron chi connectivity index (χ0n) is 15.8. The Labute approximate surface area is 158 Å². The number of methoxy groups -OCH3 is 2. The third kappa shape index (κ3) is 10.5. The van der Waals surface area contributed by atoms with Gasteiger partial charge in [-0.1, -0.05) is 0 Å². The summed E-state index contributed by atoms with van der Waals surface area (Å²) in [6.45, 7) is 2.99. The standard InChI is InChI=1S/2C8H8O3.C3H10N2/c2*1-11-7-4-2-6(3-5-7)8(9)10;1-3(5)2-4/h2*2-5H,1H3,(H,9,10);3H,2,4-5H2,1H3/t;;3-/m..1/s1. The lowest BCUT2D eigenvalue weighted by Crippen LogP contribution is -2.71. The van der Waals surface area contributed by atoms with Crippen LogP contribution in [0.15, 0.2) is 48.5 Å². The molecule has 0 saturated carbocycles. The second-order valence-corrected chi connectivity index (χ2v) is 5.43. The van der Waals surface area contributed by atoms with Crippen molar-refractivity contribution in [2.75, 3.05) is 20.8 Å². The van der Waals surface area contributed by atoms with Gasteiger partial charge >= 0.3 is 0 Å². The van der Waals surface area contributed by atoms with Crippen LogP contribution in [0.25, 0.3) is 0 Å². The van der Waals surface area contributed by atoms with Crippen LogP contribution in [0.2, 0.25) is 0 Å².